The molecule has 1 aliphatic rings. The van der Waals surface area contributed by atoms with Crippen LogP contribution in [0, 0.1) is 0 Å². The van der Waals surface area contributed by atoms with Crippen LogP contribution >= 0.6 is 12.4 Å². The summed E-state index contributed by atoms with van der Waals surface area (Å²) in [6.07, 6.45) is 0. The molecule has 0 unspecified atom stereocenters. The van der Waals surface area contributed by atoms with E-state index in [9.17, 15) is 0 Å². The number of hydrogen-bond donors (Lipinski definition) is 1. The van der Waals surface area contributed by atoms with Gasteiger partial charge in [-0.3, -0.25) is 4.90 Å². The molecule has 14 heavy (non-hydrogen) atoms. The molecule has 1 heterocycles. The van der Waals surface area contributed by atoms with Gasteiger partial charge in [0.1, 0.15) is 0 Å². The molecule has 0 aromatic carbocycles. The van der Waals surface area contributed by atoms with Gasteiger partial charge < -0.3 is 10.6 Å². The zero-order chi connectivity index (χ0) is 9.90. The Morgan fingerprint density at radius 2 is 1.50 bits per heavy atom. The maximum Gasteiger partial charge on any atom is 0.0226 e. The number of halogens is 1. The predicted octanol–water partition coefficient (Wildman–Crippen LogP) is 0.783. The molecule has 86 valence electrons. The molecule has 0 bridgehead atoms. The summed E-state index contributed by atoms with van der Waals surface area (Å²) in [6.45, 7) is 13.4. The molecule has 0 saturated carbocycles. The van der Waals surface area contributed by atoms with Gasteiger partial charge in [0.25, 0.3) is 0 Å². The minimum absolute atomic E-state index is 0. The highest BCUT2D eigenvalue weighted by atomic mass is 35.5. The molecule has 0 aromatic heterocycles. The molecule has 1 rings (SSSR count). The van der Waals surface area contributed by atoms with E-state index in [1.807, 2.05) is 0 Å². The lowest BCUT2D eigenvalue weighted by molar-refractivity contribution is 0.120. The third kappa shape index (κ3) is 5.15. The van der Waals surface area contributed by atoms with Crippen molar-refractivity contribution in [3.63, 3.8) is 0 Å². The van der Waals surface area contributed by atoms with Crippen molar-refractivity contribution in [3.05, 3.63) is 0 Å². The number of nitrogens with zero attached hydrogens (tertiary/aromatic N) is 2. The Kier molecular flexibility index (Phi) is 5.98. The normalized spacial score (nSPS) is 20.6. The molecule has 0 radical (unpaired) electrons. The fourth-order valence-corrected chi connectivity index (χ4v) is 1.84. The van der Waals surface area contributed by atoms with Gasteiger partial charge in [-0.15, -0.1) is 12.4 Å². The van der Waals surface area contributed by atoms with E-state index in [2.05, 4.69) is 30.6 Å². The first-order valence-electron chi connectivity index (χ1n) is 5.25. The van der Waals surface area contributed by atoms with Gasteiger partial charge in [-0.1, -0.05) is 6.92 Å². The van der Waals surface area contributed by atoms with Crippen LogP contribution in [0.5, 0.6) is 0 Å². The summed E-state index contributed by atoms with van der Waals surface area (Å²) in [5, 5.41) is 0. The predicted molar refractivity (Wildman–Crippen MR) is 64.1 cm³/mol. The fourth-order valence-electron chi connectivity index (χ4n) is 1.84. The lowest BCUT2D eigenvalue weighted by Crippen LogP contribution is -2.52. The van der Waals surface area contributed by atoms with Crippen molar-refractivity contribution < 1.29 is 0 Å². The van der Waals surface area contributed by atoms with E-state index in [1.165, 1.54) is 32.7 Å². The van der Waals surface area contributed by atoms with Crippen LogP contribution in [-0.2, 0) is 0 Å². The van der Waals surface area contributed by atoms with E-state index in [4.69, 9.17) is 5.73 Å². The Morgan fingerprint density at radius 1 is 1.07 bits per heavy atom. The highest BCUT2D eigenvalue weighted by Crippen LogP contribution is 2.06. The molecule has 4 heteroatoms. The molecule has 0 spiro atoms. The molecular formula is C10H24ClN3. The van der Waals surface area contributed by atoms with Crippen LogP contribution < -0.4 is 5.73 Å². The van der Waals surface area contributed by atoms with Crippen molar-refractivity contribution in [2.24, 2.45) is 5.73 Å². The monoisotopic (exact) mass is 221 g/mol. The number of nitrogens with two attached hydrogens (primary N) is 1. The van der Waals surface area contributed by atoms with Gasteiger partial charge >= 0.3 is 0 Å². The first-order chi connectivity index (χ1) is 6.01. The molecular weight excluding hydrogens is 198 g/mol. The molecule has 0 atom stereocenters. The lowest BCUT2D eigenvalue weighted by Gasteiger charge is -2.37. The van der Waals surface area contributed by atoms with Crippen molar-refractivity contribution in [2.45, 2.75) is 26.3 Å². The Bertz CT molecular complexity index is 148. The highest BCUT2D eigenvalue weighted by Gasteiger charge is 2.20. The van der Waals surface area contributed by atoms with Gasteiger partial charge in [0.15, 0.2) is 0 Å². The van der Waals surface area contributed by atoms with Crippen LogP contribution in [0.25, 0.3) is 0 Å². The lowest BCUT2D eigenvalue weighted by atomic mass is 10.1. The summed E-state index contributed by atoms with van der Waals surface area (Å²) < 4.78 is 0. The zero-order valence-corrected chi connectivity index (χ0v) is 10.4. The second kappa shape index (κ2) is 5.91. The van der Waals surface area contributed by atoms with Crippen LogP contribution in [0.4, 0.5) is 0 Å². The van der Waals surface area contributed by atoms with Crippen molar-refractivity contribution >= 4 is 12.4 Å². The van der Waals surface area contributed by atoms with Gasteiger partial charge in [0, 0.05) is 38.3 Å². The molecule has 0 aliphatic carbocycles. The van der Waals surface area contributed by atoms with Crippen LogP contribution in [0.3, 0.4) is 0 Å². The van der Waals surface area contributed by atoms with Gasteiger partial charge in [-0.25, -0.2) is 0 Å². The van der Waals surface area contributed by atoms with Crippen LogP contribution in [0.2, 0.25) is 0 Å². The molecule has 0 aromatic rings. The third-order valence-electron chi connectivity index (χ3n) is 2.54. The van der Waals surface area contributed by atoms with E-state index >= 15 is 0 Å². The zero-order valence-electron chi connectivity index (χ0n) is 9.62. The second-order valence-corrected chi connectivity index (χ2v) is 4.70. The topological polar surface area (TPSA) is 32.5 Å². The SMILES string of the molecule is CCN1CCN(CC(C)(C)N)CC1.Cl. The summed E-state index contributed by atoms with van der Waals surface area (Å²) in [5.41, 5.74) is 5.93. The highest BCUT2D eigenvalue weighted by molar-refractivity contribution is 5.85. The number of hydrogen-bond acceptors (Lipinski definition) is 3. The maximum atomic E-state index is 5.98. The van der Waals surface area contributed by atoms with Gasteiger partial charge in [-0.2, -0.15) is 0 Å². The molecule has 1 fully saturated rings. The number of rotatable bonds is 3. The smallest absolute Gasteiger partial charge is 0.0226 e. The van der Waals surface area contributed by atoms with E-state index in [0.717, 1.165) is 6.54 Å². The van der Waals surface area contributed by atoms with Crippen molar-refractivity contribution in [1.82, 2.24) is 9.80 Å². The van der Waals surface area contributed by atoms with Crippen molar-refractivity contribution in [2.75, 3.05) is 39.3 Å². The summed E-state index contributed by atoms with van der Waals surface area (Å²) in [5.74, 6) is 0. The second-order valence-electron chi connectivity index (χ2n) is 4.70. The maximum absolute atomic E-state index is 5.98. The molecule has 2 N–H and O–H groups in total. The number of likely N-dealkylation sites (N-methyl/N-ethyl adjacent to an activating group) is 1. The summed E-state index contributed by atoms with van der Waals surface area (Å²) >= 11 is 0. The minimum atomic E-state index is -0.0472. The van der Waals surface area contributed by atoms with Gasteiger partial charge in [0.05, 0.1) is 0 Å². The fraction of sp³-hybridized carbons (Fsp3) is 1.00. The Labute approximate surface area is 94.0 Å². The van der Waals surface area contributed by atoms with E-state index in [0.29, 0.717) is 0 Å². The van der Waals surface area contributed by atoms with E-state index in [-0.39, 0.29) is 17.9 Å². The Hall–Kier alpha value is 0.170. The third-order valence-corrected chi connectivity index (χ3v) is 2.54. The summed E-state index contributed by atoms with van der Waals surface area (Å²) in [7, 11) is 0. The average Bonchev–Trinajstić information content (AvgIpc) is 2.03. The first-order valence-corrected chi connectivity index (χ1v) is 5.25. The first kappa shape index (κ1) is 14.2. The quantitative estimate of drug-likeness (QED) is 0.765. The van der Waals surface area contributed by atoms with Crippen molar-refractivity contribution in [1.29, 1.82) is 0 Å². The molecule has 3 nitrogen and oxygen atoms in total. The molecule has 0 amide bonds. The standard InChI is InChI=1S/C10H23N3.ClH/c1-4-12-5-7-13(8-6-12)9-10(2,3)11;/h4-9,11H2,1-3H3;1H. The molecule has 1 saturated heterocycles. The van der Waals surface area contributed by atoms with E-state index in [1.54, 1.807) is 0 Å². The van der Waals surface area contributed by atoms with Crippen LogP contribution in [0.1, 0.15) is 20.8 Å². The summed E-state index contributed by atoms with van der Waals surface area (Å²) in [6, 6.07) is 0. The Balaban J connectivity index is 0.00000169. The Morgan fingerprint density at radius 3 is 1.86 bits per heavy atom. The molecule has 1 aliphatic heterocycles. The summed E-state index contributed by atoms with van der Waals surface area (Å²) in [4.78, 5) is 4.95. The minimum Gasteiger partial charge on any atom is -0.324 e. The van der Waals surface area contributed by atoms with Crippen molar-refractivity contribution in [3.8, 4) is 0 Å². The van der Waals surface area contributed by atoms with Crippen LogP contribution in [-0.4, -0.2) is 54.6 Å². The van der Waals surface area contributed by atoms with Gasteiger partial charge in [0.2, 0.25) is 0 Å². The van der Waals surface area contributed by atoms with E-state index < -0.39 is 0 Å². The number of piperazine rings is 1. The van der Waals surface area contributed by atoms with Crippen LogP contribution in [0.15, 0.2) is 0 Å². The van der Waals surface area contributed by atoms with Gasteiger partial charge in [-0.05, 0) is 20.4 Å². The average molecular weight is 222 g/mol. The largest absolute Gasteiger partial charge is 0.324 e.